The van der Waals surface area contributed by atoms with E-state index in [1.807, 2.05) is 20.8 Å². The highest BCUT2D eigenvalue weighted by atomic mass is 32.2. The van der Waals surface area contributed by atoms with Crippen molar-refractivity contribution in [2.45, 2.75) is 57.9 Å². The number of sulfonamides is 1. The zero-order chi connectivity index (χ0) is 15.2. The van der Waals surface area contributed by atoms with Crippen molar-refractivity contribution in [2.75, 3.05) is 0 Å². The first kappa shape index (κ1) is 17.1. The predicted octanol–water partition coefficient (Wildman–Crippen LogP) is 2.57. The Labute approximate surface area is 122 Å². The summed E-state index contributed by atoms with van der Waals surface area (Å²) in [5.74, 6) is -0.0530. The summed E-state index contributed by atoms with van der Waals surface area (Å²) in [4.78, 5) is 0. The standard InChI is InChI=1S/C15H25NO3S/c1-4-15(5-2,6-3)16-20(18,19)12-14-9-7-8-13(10-14)11-17/h7-10,16-17H,4-6,11-12H2,1-3H3. The van der Waals surface area contributed by atoms with E-state index in [-0.39, 0.29) is 17.9 Å². The molecule has 0 saturated carbocycles. The van der Waals surface area contributed by atoms with Gasteiger partial charge < -0.3 is 5.11 Å². The Morgan fingerprint density at radius 3 is 2.15 bits per heavy atom. The Morgan fingerprint density at radius 1 is 1.10 bits per heavy atom. The van der Waals surface area contributed by atoms with Gasteiger partial charge in [-0.1, -0.05) is 45.0 Å². The molecule has 0 unspecified atom stereocenters. The molecule has 2 N–H and O–H groups in total. The summed E-state index contributed by atoms with van der Waals surface area (Å²) in [6.07, 6.45) is 2.32. The van der Waals surface area contributed by atoms with Crippen LogP contribution in [0.5, 0.6) is 0 Å². The molecule has 0 bridgehead atoms. The maximum atomic E-state index is 12.3. The second kappa shape index (κ2) is 7.20. The van der Waals surface area contributed by atoms with Crippen LogP contribution >= 0.6 is 0 Å². The first-order valence-corrected chi connectivity index (χ1v) is 8.76. The maximum absolute atomic E-state index is 12.3. The molecule has 1 aromatic rings. The van der Waals surface area contributed by atoms with E-state index in [2.05, 4.69) is 4.72 Å². The van der Waals surface area contributed by atoms with Crippen LogP contribution in [0.1, 0.15) is 51.2 Å². The lowest BCUT2D eigenvalue weighted by Gasteiger charge is -2.31. The molecule has 0 aliphatic rings. The van der Waals surface area contributed by atoms with E-state index in [1.165, 1.54) is 0 Å². The van der Waals surface area contributed by atoms with Gasteiger partial charge in [-0.3, -0.25) is 0 Å². The second-order valence-corrected chi connectivity index (χ2v) is 6.90. The van der Waals surface area contributed by atoms with Crippen molar-refractivity contribution in [1.82, 2.24) is 4.72 Å². The van der Waals surface area contributed by atoms with Gasteiger partial charge in [0.15, 0.2) is 0 Å². The lowest BCUT2D eigenvalue weighted by molar-refractivity contribution is 0.281. The SMILES string of the molecule is CCC(CC)(CC)NS(=O)(=O)Cc1cccc(CO)c1. The molecule has 0 saturated heterocycles. The number of aliphatic hydroxyl groups excluding tert-OH is 1. The zero-order valence-corrected chi connectivity index (χ0v) is 13.3. The highest BCUT2D eigenvalue weighted by Gasteiger charge is 2.29. The normalized spacial score (nSPS) is 12.6. The first-order valence-electron chi connectivity index (χ1n) is 7.10. The summed E-state index contributed by atoms with van der Waals surface area (Å²) < 4.78 is 27.5. The fraction of sp³-hybridized carbons (Fsp3) is 0.600. The molecule has 20 heavy (non-hydrogen) atoms. The molecule has 0 amide bonds. The van der Waals surface area contributed by atoms with E-state index in [1.54, 1.807) is 24.3 Å². The fourth-order valence-electron chi connectivity index (χ4n) is 2.37. The fourth-order valence-corrected chi connectivity index (χ4v) is 4.15. The summed E-state index contributed by atoms with van der Waals surface area (Å²) in [5, 5.41) is 9.10. The van der Waals surface area contributed by atoms with Crippen LogP contribution in [0.2, 0.25) is 0 Å². The van der Waals surface area contributed by atoms with E-state index >= 15 is 0 Å². The van der Waals surface area contributed by atoms with Gasteiger partial charge in [-0.15, -0.1) is 0 Å². The highest BCUT2D eigenvalue weighted by Crippen LogP contribution is 2.21. The highest BCUT2D eigenvalue weighted by molar-refractivity contribution is 7.88. The van der Waals surface area contributed by atoms with Crippen LogP contribution in [-0.4, -0.2) is 19.1 Å². The molecule has 0 aliphatic carbocycles. The van der Waals surface area contributed by atoms with Crippen molar-refractivity contribution < 1.29 is 13.5 Å². The number of benzene rings is 1. The molecule has 0 fully saturated rings. The topological polar surface area (TPSA) is 66.4 Å². The molecule has 0 radical (unpaired) electrons. The minimum atomic E-state index is -3.39. The number of nitrogens with one attached hydrogen (secondary N) is 1. The molecule has 5 heteroatoms. The monoisotopic (exact) mass is 299 g/mol. The zero-order valence-electron chi connectivity index (χ0n) is 12.5. The van der Waals surface area contributed by atoms with Gasteiger partial charge in [0.1, 0.15) is 0 Å². The van der Waals surface area contributed by atoms with E-state index in [9.17, 15) is 8.42 Å². The van der Waals surface area contributed by atoms with E-state index in [0.29, 0.717) is 5.56 Å². The van der Waals surface area contributed by atoms with Gasteiger partial charge in [0.05, 0.1) is 12.4 Å². The number of rotatable bonds is 8. The first-order chi connectivity index (χ1) is 9.40. The molecule has 0 aromatic heterocycles. The van der Waals surface area contributed by atoms with Gasteiger partial charge in [-0.2, -0.15) is 0 Å². The third-order valence-corrected chi connectivity index (χ3v) is 5.39. The van der Waals surface area contributed by atoms with Crippen LogP contribution in [0.25, 0.3) is 0 Å². The Balaban J connectivity index is 2.89. The minimum Gasteiger partial charge on any atom is -0.392 e. The Kier molecular flexibility index (Phi) is 6.17. The van der Waals surface area contributed by atoms with Crippen LogP contribution < -0.4 is 4.72 Å². The van der Waals surface area contributed by atoms with E-state index < -0.39 is 10.0 Å². The molecule has 0 atom stereocenters. The summed E-state index contributed by atoms with van der Waals surface area (Å²) in [6.45, 7) is 5.93. The Bertz CT molecular complexity index is 513. The Morgan fingerprint density at radius 2 is 1.65 bits per heavy atom. The van der Waals surface area contributed by atoms with Crippen molar-refractivity contribution in [3.63, 3.8) is 0 Å². The number of hydrogen-bond acceptors (Lipinski definition) is 3. The summed E-state index contributed by atoms with van der Waals surface area (Å²) >= 11 is 0. The van der Waals surface area contributed by atoms with Crippen LogP contribution in [-0.2, 0) is 22.4 Å². The van der Waals surface area contributed by atoms with Gasteiger partial charge in [-0.25, -0.2) is 13.1 Å². The van der Waals surface area contributed by atoms with Crippen LogP contribution in [0.4, 0.5) is 0 Å². The van der Waals surface area contributed by atoms with Gasteiger partial charge in [0, 0.05) is 5.54 Å². The van der Waals surface area contributed by atoms with Gasteiger partial charge in [0.25, 0.3) is 0 Å². The summed E-state index contributed by atoms with van der Waals surface area (Å²) in [6, 6.07) is 7.04. The molecular formula is C15H25NO3S. The lowest BCUT2D eigenvalue weighted by atomic mass is 9.91. The molecule has 0 spiro atoms. The quantitative estimate of drug-likeness (QED) is 0.775. The van der Waals surface area contributed by atoms with Gasteiger partial charge in [-0.05, 0) is 30.4 Å². The van der Waals surface area contributed by atoms with E-state index in [4.69, 9.17) is 5.11 Å². The van der Waals surface area contributed by atoms with Crippen LogP contribution in [0.15, 0.2) is 24.3 Å². The maximum Gasteiger partial charge on any atom is 0.216 e. The molecule has 1 rings (SSSR count). The summed E-state index contributed by atoms with van der Waals surface area (Å²) in [7, 11) is -3.39. The van der Waals surface area contributed by atoms with Crippen molar-refractivity contribution >= 4 is 10.0 Å². The van der Waals surface area contributed by atoms with Crippen LogP contribution in [0, 0.1) is 0 Å². The van der Waals surface area contributed by atoms with E-state index in [0.717, 1.165) is 24.8 Å². The van der Waals surface area contributed by atoms with Gasteiger partial charge in [0.2, 0.25) is 10.0 Å². The van der Waals surface area contributed by atoms with Crippen LogP contribution in [0.3, 0.4) is 0 Å². The Hall–Kier alpha value is -0.910. The number of hydrogen-bond donors (Lipinski definition) is 2. The molecular weight excluding hydrogens is 274 g/mol. The molecule has 0 aliphatic heterocycles. The average Bonchev–Trinajstić information content (AvgIpc) is 2.44. The lowest BCUT2D eigenvalue weighted by Crippen LogP contribution is -2.47. The van der Waals surface area contributed by atoms with Crippen molar-refractivity contribution in [1.29, 1.82) is 0 Å². The van der Waals surface area contributed by atoms with Crippen molar-refractivity contribution in [3.8, 4) is 0 Å². The smallest absolute Gasteiger partial charge is 0.216 e. The van der Waals surface area contributed by atoms with Crippen molar-refractivity contribution in [2.24, 2.45) is 0 Å². The largest absolute Gasteiger partial charge is 0.392 e. The summed E-state index contributed by atoms with van der Waals surface area (Å²) in [5.41, 5.74) is 1.07. The third kappa shape index (κ3) is 4.58. The third-order valence-electron chi connectivity index (χ3n) is 3.93. The number of aliphatic hydroxyl groups is 1. The minimum absolute atomic E-state index is 0.0530. The predicted molar refractivity (Wildman–Crippen MR) is 81.7 cm³/mol. The molecule has 4 nitrogen and oxygen atoms in total. The average molecular weight is 299 g/mol. The molecule has 114 valence electrons. The van der Waals surface area contributed by atoms with Crippen molar-refractivity contribution in [3.05, 3.63) is 35.4 Å². The molecule has 0 heterocycles. The van der Waals surface area contributed by atoms with Gasteiger partial charge >= 0.3 is 0 Å². The second-order valence-electron chi connectivity index (χ2n) is 5.18. The molecule has 1 aromatic carbocycles.